The number of carbonyl (C=O) groups is 2. The van der Waals surface area contributed by atoms with E-state index in [0.29, 0.717) is 22.7 Å². The maximum atomic E-state index is 12.9. The molecule has 0 saturated heterocycles. The number of carbonyl (C=O) groups excluding carboxylic acids is 2. The first kappa shape index (κ1) is 26.3. The number of pyridine rings is 1. The van der Waals surface area contributed by atoms with Crippen molar-refractivity contribution in [2.75, 3.05) is 7.11 Å². The van der Waals surface area contributed by atoms with Crippen molar-refractivity contribution in [3.63, 3.8) is 0 Å². The van der Waals surface area contributed by atoms with Gasteiger partial charge in [-0.3, -0.25) is 14.6 Å². The number of para-hydroxylation sites is 1. The Hall–Kier alpha value is -3.00. The van der Waals surface area contributed by atoms with Crippen LogP contribution in [0.15, 0.2) is 42.6 Å². The number of aromatic nitrogens is 1. The average molecular weight is 474 g/mol. The molecular weight excluding hydrogens is 442 g/mol. The molecule has 178 valence electrons. The van der Waals surface area contributed by atoms with Gasteiger partial charge in [-0.15, -0.1) is 0 Å². The molecule has 33 heavy (non-hydrogen) atoms. The van der Waals surface area contributed by atoms with Crippen LogP contribution < -0.4 is 14.2 Å². The van der Waals surface area contributed by atoms with Crippen molar-refractivity contribution in [3.8, 4) is 17.2 Å². The van der Waals surface area contributed by atoms with Crippen LogP contribution in [0.5, 0.6) is 17.2 Å². The Kier molecular flexibility index (Phi) is 10.3. The predicted octanol–water partition coefficient (Wildman–Crippen LogP) is 4.94. The Balaban J connectivity index is 2.07. The number of thiocarbonyl (C=S) groups is 1. The highest BCUT2D eigenvalue weighted by atomic mass is 32.1. The monoisotopic (exact) mass is 473 g/mol. The van der Waals surface area contributed by atoms with E-state index in [2.05, 4.69) is 4.98 Å². The average Bonchev–Trinajstić information content (AvgIpc) is 2.78. The van der Waals surface area contributed by atoms with Crippen LogP contribution in [0.3, 0.4) is 0 Å². The Bertz CT molecular complexity index is 949. The summed E-state index contributed by atoms with van der Waals surface area (Å²) < 4.78 is 22.3. The van der Waals surface area contributed by atoms with Crippen molar-refractivity contribution in [3.05, 3.63) is 48.3 Å². The maximum Gasteiger partial charge on any atom is 0.309 e. The quantitative estimate of drug-likeness (QED) is 0.244. The fourth-order valence-electron chi connectivity index (χ4n) is 3.22. The van der Waals surface area contributed by atoms with E-state index in [-0.39, 0.29) is 24.2 Å². The fraction of sp³-hybridized carbons (Fsp3) is 0.440. The first-order chi connectivity index (χ1) is 15.8. The first-order valence-corrected chi connectivity index (χ1v) is 11.3. The van der Waals surface area contributed by atoms with Gasteiger partial charge in [0.25, 0.3) is 0 Å². The van der Waals surface area contributed by atoms with Crippen LogP contribution >= 0.6 is 12.2 Å². The van der Waals surface area contributed by atoms with Crippen LogP contribution in [0.25, 0.3) is 0 Å². The lowest BCUT2D eigenvalue weighted by Crippen LogP contribution is -2.35. The number of methoxy groups -OCH3 is 1. The van der Waals surface area contributed by atoms with Gasteiger partial charge in [-0.2, -0.15) is 0 Å². The van der Waals surface area contributed by atoms with Gasteiger partial charge in [0, 0.05) is 24.1 Å². The molecule has 0 radical (unpaired) electrons. The third-order valence-electron chi connectivity index (χ3n) is 4.92. The summed E-state index contributed by atoms with van der Waals surface area (Å²) in [5.41, 5.74) is 0.296. The minimum atomic E-state index is -0.529. The van der Waals surface area contributed by atoms with Crippen molar-refractivity contribution < 1.29 is 28.5 Å². The molecule has 0 aliphatic carbocycles. The summed E-state index contributed by atoms with van der Waals surface area (Å²) in [6, 6.07) is 11.0. The zero-order valence-corrected chi connectivity index (χ0v) is 20.5. The van der Waals surface area contributed by atoms with Gasteiger partial charge in [0.15, 0.2) is 11.5 Å². The molecule has 2 aromatic rings. The molecule has 0 saturated carbocycles. The number of hydrogen-bond acceptors (Lipinski definition) is 8. The molecular formula is C25H31NO6S. The second-order valence-electron chi connectivity index (χ2n) is 7.71. The Morgan fingerprint density at radius 3 is 2.42 bits per heavy atom. The summed E-state index contributed by atoms with van der Waals surface area (Å²) in [6.45, 7) is 6.94. The van der Waals surface area contributed by atoms with Gasteiger partial charge in [-0.05, 0) is 31.9 Å². The van der Waals surface area contributed by atoms with E-state index < -0.39 is 18.0 Å². The number of ether oxygens (including phenoxy) is 4. The molecule has 8 heteroatoms. The third-order valence-corrected chi connectivity index (χ3v) is 5.28. The van der Waals surface area contributed by atoms with Crippen molar-refractivity contribution in [1.29, 1.82) is 0 Å². The van der Waals surface area contributed by atoms with E-state index in [1.165, 1.54) is 20.2 Å². The molecule has 1 heterocycles. The van der Waals surface area contributed by atoms with Crippen molar-refractivity contribution >= 4 is 29.0 Å². The highest BCUT2D eigenvalue weighted by Gasteiger charge is 2.27. The second-order valence-corrected chi connectivity index (χ2v) is 8.21. The third kappa shape index (κ3) is 7.82. The predicted molar refractivity (Wildman–Crippen MR) is 129 cm³/mol. The van der Waals surface area contributed by atoms with E-state index in [1.807, 2.05) is 44.2 Å². The highest BCUT2D eigenvalue weighted by Crippen LogP contribution is 2.31. The topological polar surface area (TPSA) is 84.0 Å². The molecule has 3 atom stereocenters. The van der Waals surface area contributed by atoms with Crippen LogP contribution in [0, 0.1) is 5.92 Å². The maximum absolute atomic E-state index is 12.9. The van der Waals surface area contributed by atoms with Crippen molar-refractivity contribution in [2.24, 2.45) is 5.92 Å². The summed E-state index contributed by atoms with van der Waals surface area (Å²) in [6.07, 6.45) is 2.51. The molecule has 0 N–H and O–H groups in total. The minimum Gasteiger partial charge on any atom is -0.493 e. The lowest BCUT2D eigenvalue weighted by atomic mass is 10.0. The number of nitrogens with zero attached hydrogens (tertiary/aromatic N) is 1. The number of esters is 2. The van der Waals surface area contributed by atoms with Gasteiger partial charge in [0.05, 0.1) is 13.0 Å². The van der Waals surface area contributed by atoms with Gasteiger partial charge in [0.1, 0.15) is 23.7 Å². The molecule has 0 aliphatic heterocycles. The summed E-state index contributed by atoms with van der Waals surface area (Å²) in [5.74, 6) is -0.226. The molecule has 0 unspecified atom stereocenters. The Morgan fingerprint density at radius 1 is 1.12 bits per heavy atom. The van der Waals surface area contributed by atoms with Gasteiger partial charge in [-0.1, -0.05) is 50.7 Å². The molecule has 0 bridgehead atoms. The fourth-order valence-corrected chi connectivity index (χ4v) is 3.61. The van der Waals surface area contributed by atoms with Crippen LogP contribution in [-0.4, -0.2) is 41.1 Å². The van der Waals surface area contributed by atoms with E-state index in [1.54, 1.807) is 13.0 Å². The van der Waals surface area contributed by atoms with Crippen molar-refractivity contribution in [1.82, 2.24) is 4.98 Å². The van der Waals surface area contributed by atoms with E-state index in [4.69, 9.17) is 31.2 Å². The van der Waals surface area contributed by atoms with Crippen LogP contribution in [-0.2, 0) is 14.3 Å². The van der Waals surface area contributed by atoms with Gasteiger partial charge in [-0.25, -0.2) is 0 Å². The Labute approximate surface area is 200 Å². The highest BCUT2D eigenvalue weighted by molar-refractivity contribution is 7.80. The standard InChI is InChI=1S/C25H31NO6S/c1-6-10-20(17(3)30-19-11-8-7-9-12-19)32-25(28)16(2)15-22(33)23-24(31-18(4)27)21(29-5)13-14-26-23/h7-9,11-14,16-17,20H,6,10,15H2,1-5H3/t16-,17-,20+/m1/s1. The van der Waals surface area contributed by atoms with Crippen LogP contribution in [0.2, 0.25) is 0 Å². The second kappa shape index (κ2) is 12.9. The van der Waals surface area contributed by atoms with Gasteiger partial charge in [0.2, 0.25) is 0 Å². The molecule has 0 amide bonds. The summed E-state index contributed by atoms with van der Waals surface area (Å²) in [7, 11) is 1.46. The normalized spacial score (nSPS) is 13.4. The van der Waals surface area contributed by atoms with E-state index >= 15 is 0 Å². The lowest BCUT2D eigenvalue weighted by Gasteiger charge is -2.26. The molecule has 0 fully saturated rings. The number of benzene rings is 1. The summed E-state index contributed by atoms with van der Waals surface area (Å²) in [5, 5.41) is 0. The Morgan fingerprint density at radius 2 is 1.82 bits per heavy atom. The van der Waals surface area contributed by atoms with Crippen molar-refractivity contribution in [2.45, 2.75) is 59.2 Å². The van der Waals surface area contributed by atoms with Gasteiger partial charge >= 0.3 is 11.9 Å². The van der Waals surface area contributed by atoms with Crippen LogP contribution in [0.4, 0.5) is 0 Å². The SMILES string of the molecule is CCC[C@H](OC(=O)[C@H](C)CC(=S)c1nccc(OC)c1OC(C)=O)[C@@H](C)Oc1ccccc1. The molecule has 0 spiro atoms. The zero-order valence-electron chi connectivity index (χ0n) is 19.7. The number of rotatable bonds is 12. The smallest absolute Gasteiger partial charge is 0.309 e. The van der Waals surface area contributed by atoms with Crippen LogP contribution in [0.1, 0.15) is 52.7 Å². The largest absolute Gasteiger partial charge is 0.493 e. The van der Waals surface area contributed by atoms with E-state index in [9.17, 15) is 9.59 Å². The molecule has 1 aromatic heterocycles. The summed E-state index contributed by atoms with van der Waals surface area (Å²) in [4.78, 5) is 29.0. The molecule has 1 aromatic carbocycles. The molecule has 7 nitrogen and oxygen atoms in total. The molecule has 2 rings (SSSR count). The first-order valence-electron chi connectivity index (χ1n) is 10.9. The van der Waals surface area contributed by atoms with E-state index in [0.717, 1.165) is 12.2 Å². The molecule has 0 aliphatic rings. The van der Waals surface area contributed by atoms with Gasteiger partial charge < -0.3 is 18.9 Å². The minimum absolute atomic E-state index is 0.145. The number of hydrogen-bond donors (Lipinski definition) is 0. The lowest BCUT2D eigenvalue weighted by molar-refractivity contribution is -0.158. The zero-order chi connectivity index (χ0) is 24.4. The summed E-state index contributed by atoms with van der Waals surface area (Å²) >= 11 is 5.53.